The number of rotatable bonds is 4. The van der Waals surface area contributed by atoms with Gasteiger partial charge in [0, 0.05) is 61.9 Å². The average molecular weight is 564 g/mol. The number of fused-ring (bicyclic) bond motifs is 2. The van der Waals surface area contributed by atoms with Gasteiger partial charge in [0.1, 0.15) is 11.1 Å². The van der Waals surface area contributed by atoms with E-state index in [4.69, 9.17) is 9.84 Å². The van der Waals surface area contributed by atoms with Crippen molar-refractivity contribution in [3.8, 4) is 0 Å². The topological polar surface area (TPSA) is 117 Å². The van der Waals surface area contributed by atoms with Gasteiger partial charge in [-0.3, -0.25) is 9.48 Å². The lowest BCUT2D eigenvalue weighted by Gasteiger charge is -2.37. The van der Waals surface area contributed by atoms with E-state index in [9.17, 15) is 19.1 Å². The minimum absolute atomic E-state index is 0.0474. The van der Waals surface area contributed by atoms with Gasteiger partial charge in [-0.15, -0.1) is 0 Å². The van der Waals surface area contributed by atoms with Crippen LogP contribution in [0, 0.1) is 12.7 Å². The number of amides is 2. The molecule has 0 atom stereocenters. The first kappa shape index (κ1) is 27.0. The second kappa shape index (κ2) is 10.0. The quantitative estimate of drug-likeness (QED) is 0.383. The minimum atomic E-state index is -0.560. The second-order valence-corrected chi connectivity index (χ2v) is 11.9. The third-order valence-corrected chi connectivity index (χ3v) is 7.53. The fraction of sp³-hybridized carbons (Fsp3) is 0.448. The van der Waals surface area contributed by atoms with Gasteiger partial charge in [-0.2, -0.15) is 5.10 Å². The van der Waals surface area contributed by atoms with Gasteiger partial charge < -0.3 is 29.4 Å². The number of pyridine rings is 1. The van der Waals surface area contributed by atoms with Crippen LogP contribution < -0.4 is 10.2 Å². The summed E-state index contributed by atoms with van der Waals surface area (Å²) in [6.07, 6.45) is 5.77. The number of nitrogens with one attached hydrogen (secondary N) is 1. The van der Waals surface area contributed by atoms with Crippen molar-refractivity contribution in [1.82, 2.24) is 24.1 Å². The smallest absolute Gasteiger partial charge is 0.410 e. The van der Waals surface area contributed by atoms with Gasteiger partial charge in [-0.25, -0.2) is 14.2 Å². The molecule has 6 rings (SSSR count). The summed E-state index contributed by atoms with van der Waals surface area (Å²) in [5, 5.41) is 18.3. The number of aliphatic hydroxyl groups is 1. The van der Waals surface area contributed by atoms with Gasteiger partial charge in [-0.05, 0) is 52.7 Å². The monoisotopic (exact) mass is 563 g/mol. The Morgan fingerprint density at radius 1 is 1.10 bits per heavy atom. The maximum absolute atomic E-state index is 14.6. The lowest BCUT2D eigenvalue weighted by Crippen LogP contribution is -2.50. The first-order valence-electron chi connectivity index (χ1n) is 13.8. The highest BCUT2D eigenvalue weighted by Crippen LogP contribution is 2.36. The van der Waals surface area contributed by atoms with E-state index in [0.29, 0.717) is 61.5 Å². The molecule has 0 bridgehead atoms. The van der Waals surface area contributed by atoms with Crippen molar-refractivity contribution in [2.24, 2.45) is 0 Å². The van der Waals surface area contributed by atoms with E-state index in [1.54, 1.807) is 34.7 Å². The Bertz CT molecular complexity index is 1640. The highest BCUT2D eigenvalue weighted by Gasteiger charge is 2.32. The van der Waals surface area contributed by atoms with Crippen LogP contribution >= 0.6 is 0 Å². The number of piperazine rings is 1. The van der Waals surface area contributed by atoms with Crippen LogP contribution in [0.1, 0.15) is 55.7 Å². The summed E-state index contributed by atoms with van der Waals surface area (Å²) in [4.78, 5) is 34.1. The van der Waals surface area contributed by atoms with Crippen molar-refractivity contribution in [2.75, 3.05) is 36.4 Å². The standard InChI is InChI=1S/C29H34FN7O4/c1-17-14-36-15-18(11-23(30)26(36)31-17)32-27(39)21-5-6-24(22-16-37(33-25(21)22)19-12-20(38)13-19)34-7-9-35(10-8-34)28(40)41-29(2,3)4/h5-6,11,14-16,19-20,38H,7-10,12-13H2,1-4H3,(H,32,39). The summed E-state index contributed by atoms with van der Waals surface area (Å²) < 4.78 is 23.6. The zero-order chi connectivity index (χ0) is 29.1. The normalized spacial score (nSPS) is 19.5. The molecular weight excluding hydrogens is 529 g/mol. The van der Waals surface area contributed by atoms with Gasteiger partial charge in [0.15, 0.2) is 11.5 Å². The lowest BCUT2D eigenvalue weighted by molar-refractivity contribution is 0.0240. The largest absolute Gasteiger partial charge is 0.444 e. The number of ether oxygens (including phenoxy) is 1. The Morgan fingerprint density at radius 2 is 1.83 bits per heavy atom. The van der Waals surface area contributed by atoms with Crippen molar-refractivity contribution in [3.63, 3.8) is 0 Å². The van der Waals surface area contributed by atoms with Crippen LogP contribution in [0.4, 0.5) is 20.6 Å². The van der Waals surface area contributed by atoms with E-state index < -0.39 is 17.3 Å². The number of anilines is 2. The average Bonchev–Trinajstić information content (AvgIpc) is 3.49. The molecule has 1 aromatic carbocycles. The van der Waals surface area contributed by atoms with Crippen molar-refractivity contribution in [2.45, 2.75) is 58.3 Å². The summed E-state index contributed by atoms with van der Waals surface area (Å²) in [7, 11) is 0. The maximum Gasteiger partial charge on any atom is 0.410 e. The molecule has 1 saturated carbocycles. The van der Waals surface area contributed by atoms with Crippen molar-refractivity contribution in [1.29, 1.82) is 0 Å². The maximum atomic E-state index is 14.6. The van der Waals surface area contributed by atoms with Gasteiger partial charge in [-0.1, -0.05) is 0 Å². The third-order valence-electron chi connectivity index (χ3n) is 7.53. The number of carbonyl (C=O) groups excluding carboxylic acids is 2. The molecule has 11 nitrogen and oxygen atoms in total. The molecule has 0 spiro atoms. The van der Waals surface area contributed by atoms with E-state index in [1.165, 1.54) is 6.07 Å². The Labute approximate surface area is 236 Å². The van der Waals surface area contributed by atoms with E-state index in [2.05, 4.69) is 15.2 Å². The summed E-state index contributed by atoms with van der Waals surface area (Å²) in [5.74, 6) is -0.944. The van der Waals surface area contributed by atoms with Crippen LogP contribution in [0.2, 0.25) is 0 Å². The molecule has 2 N–H and O–H groups in total. The number of hydrogen-bond acceptors (Lipinski definition) is 7. The molecule has 2 fully saturated rings. The SMILES string of the molecule is Cc1cn2cc(NC(=O)c3ccc(N4CCN(C(=O)OC(C)(C)C)CC4)c4cn(C5CC(O)C5)nc34)cc(F)c2n1. The van der Waals surface area contributed by atoms with Crippen LogP contribution in [0.25, 0.3) is 16.6 Å². The fourth-order valence-electron chi connectivity index (χ4n) is 5.43. The molecule has 4 heterocycles. The van der Waals surface area contributed by atoms with Gasteiger partial charge in [0.05, 0.1) is 29.1 Å². The number of aromatic nitrogens is 4. The van der Waals surface area contributed by atoms with Crippen molar-refractivity contribution < 1.29 is 23.8 Å². The molecule has 41 heavy (non-hydrogen) atoms. The number of imidazole rings is 1. The number of hydrogen-bond donors (Lipinski definition) is 2. The molecule has 12 heteroatoms. The fourth-order valence-corrected chi connectivity index (χ4v) is 5.43. The van der Waals surface area contributed by atoms with Crippen molar-refractivity contribution >= 4 is 39.9 Å². The predicted molar refractivity (Wildman–Crippen MR) is 152 cm³/mol. The minimum Gasteiger partial charge on any atom is -0.444 e. The molecule has 216 valence electrons. The van der Waals surface area contributed by atoms with Gasteiger partial charge in [0.2, 0.25) is 0 Å². The molecule has 2 amide bonds. The summed E-state index contributed by atoms with van der Waals surface area (Å²) in [6.45, 7) is 9.52. The number of aryl methyl sites for hydroxylation is 1. The second-order valence-electron chi connectivity index (χ2n) is 11.9. The molecule has 4 aromatic rings. The van der Waals surface area contributed by atoms with Crippen LogP contribution in [0.5, 0.6) is 0 Å². The van der Waals surface area contributed by atoms with Crippen molar-refractivity contribution in [3.05, 3.63) is 53.9 Å². The van der Waals surface area contributed by atoms with Crippen LogP contribution in [0.15, 0.2) is 36.8 Å². The molecule has 1 saturated heterocycles. The number of carbonyl (C=O) groups is 2. The number of benzene rings is 1. The van der Waals surface area contributed by atoms with Gasteiger partial charge >= 0.3 is 6.09 Å². The zero-order valence-corrected chi connectivity index (χ0v) is 23.6. The first-order valence-corrected chi connectivity index (χ1v) is 13.8. The van der Waals surface area contributed by atoms with Gasteiger partial charge in [0.25, 0.3) is 5.91 Å². The van der Waals surface area contributed by atoms with Crippen LogP contribution in [-0.2, 0) is 4.74 Å². The molecule has 1 aliphatic carbocycles. The zero-order valence-electron chi connectivity index (χ0n) is 23.6. The molecular formula is C29H34FN7O4. The Kier molecular flexibility index (Phi) is 6.60. The molecule has 2 aliphatic rings. The summed E-state index contributed by atoms with van der Waals surface area (Å²) >= 11 is 0. The number of nitrogens with zero attached hydrogens (tertiary/aromatic N) is 6. The van der Waals surface area contributed by atoms with E-state index in [-0.39, 0.29) is 23.9 Å². The third kappa shape index (κ3) is 5.31. The lowest BCUT2D eigenvalue weighted by atomic mass is 9.90. The number of aliphatic hydroxyl groups excluding tert-OH is 1. The Balaban J connectivity index is 1.28. The molecule has 0 unspecified atom stereocenters. The Morgan fingerprint density at radius 3 is 2.51 bits per heavy atom. The number of halogens is 1. The molecule has 3 aromatic heterocycles. The highest BCUT2D eigenvalue weighted by atomic mass is 19.1. The summed E-state index contributed by atoms with van der Waals surface area (Å²) in [5.41, 5.74) is 2.40. The molecule has 1 aliphatic heterocycles. The van der Waals surface area contributed by atoms with E-state index in [0.717, 1.165) is 11.1 Å². The van der Waals surface area contributed by atoms with E-state index >= 15 is 0 Å². The highest BCUT2D eigenvalue weighted by molar-refractivity contribution is 6.14. The predicted octanol–water partition coefficient (Wildman–Crippen LogP) is 4.14. The Hall–Kier alpha value is -4.19. The first-order chi connectivity index (χ1) is 19.4. The van der Waals surface area contributed by atoms with Crippen LogP contribution in [0.3, 0.4) is 0 Å². The van der Waals surface area contributed by atoms with E-state index in [1.807, 2.05) is 37.7 Å². The molecule has 0 radical (unpaired) electrons. The van der Waals surface area contributed by atoms with Crippen LogP contribution in [-0.4, -0.2) is 79.1 Å². The summed E-state index contributed by atoms with van der Waals surface area (Å²) in [6, 6.07) is 4.93.